The van der Waals surface area contributed by atoms with Gasteiger partial charge in [0.2, 0.25) is 5.91 Å². The monoisotopic (exact) mass is 268 g/mol. The van der Waals surface area contributed by atoms with Crippen molar-refractivity contribution in [3.05, 3.63) is 0 Å². The third-order valence-electron chi connectivity index (χ3n) is 4.26. The number of nitrogens with one attached hydrogen (secondary N) is 2. The summed E-state index contributed by atoms with van der Waals surface area (Å²) >= 11 is 0. The molecule has 1 amide bonds. The number of unbranched alkanes of at least 4 members (excludes halogenated alkanes) is 1. The summed E-state index contributed by atoms with van der Waals surface area (Å²) in [6.45, 7) is 6.44. The average Bonchev–Trinajstić information content (AvgIpc) is 2.46. The third kappa shape index (κ3) is 7.56. The summed E-state index contributed by atoms with van der Waals surface area (Å²) in [5.74, 6) is 0.902. The summed E-state index contributed by atoms with van der Waals surface area (Å²) in [5.41, 5.74) is 0. The predicted molar refractivity (Wildman–Crippen MR) is 81.2 cm³/mol. The number of hydrogen-bond acceptors (Lipinski definition) is 2. The molecule has 2 unspecified atom stereocenters. The minimum absolute atomic E-state index is 0.238. The Balaban J connectivity index is 2.08. The highest BCUT2D eigenvalue weighted by Gasteiger charge is 2.14. The van der Waals surface area contributed by atoms with E-state index >= 15 is 0 Å². The van der Waals surface area contributed by atoms with Gasteiger partial charge < -0.3 is 10.6 Å². The molecule has 1 fully saturated rings. The van der Waals surface area contributed by atoms with Crippen LogP contribution < -0.4 is 10.6 Å². The number of carbonyl (C=O) groups is 1. The van der Waals surface area contributed by atoms with Crippen LogP contribution >= 0.6 is 0 Å². The lowest BCUT2D eigenvalue weighted by Gasteiger charge is -2.23. The summed E-state index contributed by atoms with van der Waals surface area (Å²) < 4.78 is 0. The van der Waals surface area contributed by atoms with Crippen LogP contribution in [0.4, 0.5) is 0 Å². The predicted octanol–water partition coefficient (Wildman–Crippen LogP) is 3.24. The molecule has 0 bridgehead atoms. The first-order chi connectivity index (χ1) is 9.26. The van der Waals surface area contributed by atoms with Gasteiger partial charge in [-0.05, 0) is 38.1 Å². The Morgan fingerprint density at radius 1 is 1.37 bits per heavy atom. The largest absolute Gasteiger partial charge is 0.356 e. The standard InChI is InChI=1S/C16H32N2O/c1-3-5-8-14(4-2)13-18-16(19)11-10-15-9-6-7-12-17-15/h14-15,17H,3-13H2,1-2H3,(H,18,19). The molecule has 0 spiro atoms. The second kappa shape index (κ2) is 10.2. The van der Waals surface area contributed by atoms with E-state index in [1.807, 2.05) is 0 Å². The fourth-order valence-electron chi connectivity index (χ4n) is 2.77. The highest BCUT2D eigenvalue weighted by Crippen LogP contribution is 2.13. The molecule has 112 valence electrons. The molecule has 0 radical (unpaired) electrons. The lowest BCUT2D eigenvalue weighted by molar-refractivity contribution is -0.121. The zero-order chi connectivity index (χ0) is 13.9. The summed E-state index contributed by atoms with van der Waals surface area (Å²) in [6.07, 6.45) is 10.5. The quantitative estimate of drug-likeness (QED) is 0.674. The summed E-state index contributed by atoms with van der Waals surface area (Å²) in [5, 5.41) is 6.61. The van der Waals surface area contributed by atoms with Gasteiger partial charge in [0.15, 0.2) is 0 Å². The van der Waals surface area contributed by atoms with Crippen molar-refractivity contribution < 1.29 is 4.79 Å². The van der Waals surface area contributed by atoms with Crippen LogP contribution in [0.5, 0.6) is 0 Å². The van der Waals surface area contributed by atoms with Crippen molar-refractivity contribution in [2.75, 3.05) is 13.1 Å². The Hall–Kier alpha value is -0.570. The van der Waals surface area contributed by atoms with Crippen LogP contribution in [0.3, 0.4) is 0 Å². The van der Waals surface area contributed by atoms with E-state index in [0.717, 1.165) is 19.5 Å². The second-order valence-electron chi connectivity index (χ2n) is 5.91. The van der Waals surface area contributed by atoms with E-state index < -0.39 is 0 Å². The van der Waals surface area contributed by atoms with Gasteiger partial charge in [0.1, 0.15) is 0 Å². The smallest absolute Gasteiger partial charge is 0.220 e. The van der Waals surface area contributed by atoms with Gasteiger partial charge in [0, 0.05) is 19.0 Å². The van der Waals surface area contributed by atoms with Crippen LogP contribution in [-0.4, -0.2) is 25.0 Å². The van der Waals surface area contributed by atoms with Gasteiger partial charge in [-0.25, -0.2) is 0 Å². The lowest BCUT2D eigenvalue weighted by atomic mass is 9.98. The van der Waals surface area contributed by atoms with Crippen molar-refractivity contribution in [1.82, 2.24) is 10.6 Å². The van der Waals surface area contributed by atoms with E-state index in [0.29, 0.717) is 18.4 Å². The van der Waals surface area contributed by atoms with E-state index in [-0.39, 0.29) is 5.91 Å². The zero-order valence-corrected chi connectivity index (χ0v) is 12.8. The Bertz CT molecular complexity index is 237. The molecule has 1 heterocycles. The van der Waals surface area contributed by atoms with Gasteiger partial charge in [0.05, 0.1) is 0 Å². The van der Waals surface area contributed by atoms with Crippen LogP contribution in [0.15, 0.2) is 0 Å². The highest BCUT2D eigenvalue weighted by molar-refractivity contribution is 5.75. The normalized spacial score (nSPS) is 21.1. The molecule has 1 aliphatic rings. The topological polar surface area (TPSA) is 41.1 Å². The maximum Gasteiger partial charge on any atom is 0.220 e. The number of piperidine rings is 1. The highest BCUT2D eigenvalue weighted by atomic mass is 16.1. The summed E-state index contributed by atoms with van der Waals surface area (Å²) in [6, 6.07) is 0.571. The molecule has 3 heteroatoms. The van der Waals surface area contributed by atoms with Crippen LogP contribution in [0, 0.1) is 5.92 Å². The Morgan fingerprint density at radius 2 is 2.21 bits per heavy atom. The molecule has 0 aromatic heterocycles. The van der Waals surface area contributed by atoms with E-state index in [9.17, 15) is 4.79 Å². The minimum Gasteiger partial charge on any atom is -0.356 e. The van der Waals surface area contributed by atoms with Gasteiger partial charge in [-0.15, -0.1) is 0 Å². The van der Waals surface area contributed by atoms with E-state index in [2.05, 4.69) is 24.5 Å². The molecule has 0 aromatic rings. The van der Waals surface area contributed by atoms with Crippen molar-refractivity contribution in [1.29, 1.82) is 0 Å². The maximum absolute atomic E-state index is 11.8. The van der Waals surface area contributed by atoms with Crippen molar-refractivity contribution in [2.24, 2.45) is 5.92 Å². The summed E-state index contributed by atoms with van der Waals surface area (Å²) in [4.78, 5) is 11.8. The molecular weight excluding hydrogens is 236 g/mol. The van der Waals surface area contributed by atoms with Crippen molar-refractivity contribution in [3.63, 3.8) is 0 Å². The van der Waals surface area contributed by atoms with E-state index in [1.165, 1.54) is 44.9 Å². The molecule has 0 aliphatic carbocycles. The van der Waals surface area contributed by atoms with Crippen LogP contribution in [-0.2, 0) is 4.79 Å². The number of hydrogen-bond donors (Lipinski definition) is 2. The van der Waals surface area contributed by atoms with E-state index in [4.69, 9.17) is 0 Å². The first kappa shape index (κ1) is 16.5. The zero-order valence-electron chi connectivity index (χ0n) is 12.8. The van der Waals surface area contributed by atoms with Gasteiger partial charge >= 0.3 is 0 Å². The van der Waals surface area contributed by atoms with Crippen LogP contribution in [0.25, 0.3) is 0 Å². The van der Waals surface area contributed by atoms with Crippen molar-refractivity contribution in [3.8, 4) is 0 Å². The number of amides is 1. The Morgan fingerprint density at radius 3 is 2.84 bits per heavy atom. The van der Waals surface area contributed by atoms with Gasteiger partial charge in [-0.3, -0.25) is 4.79 Å². The number of carbonyl (C=O) groups excluding carboxylic acids is 1. The molecule has 3 nitrogen and oxygen atoms in total. The third-order valence-corrected chi connectivity index (χ3v) is 4.26. The van der Waals surface area contributed by atoms with Crippen LogP contribution in [0.2, 0.25) is 0 Å². The molecule has 1 rings (SSSR count). The molecule has 1 saturated heterocycles. The average molecular weight is 268 g/mol. The first-order valence-corrected chi connectivity index (χ1v) is 8.26. The van der Waals surface area contributed by atoms with Gasteiger partial charge in [-0.2, -0.15) is 0 Å². The van der Waals surface area contributed by atoms with Gasteiger partial charge in [-0.1, -0.05) is 39.5 Å². The first-order valence-electron chi connectivity index (χ1n) is 8.26. The molecular formula is C16H32N2O. The fourth-order valence-corrected chi connectivity index (χ4v) is 2.77. The molecule has 19 heavy (non-hydrogen) atoms. The molecule has 2 atom stereocenters. The molecule has 1 aliphatic heterocycles. The van der Waals surface area contributed by atoms with Crippen molar-refractivity contribution >= 4 is 5.91 Å². The number of rotatable bonds is 9. The minimum atomic E-state index is 0.238. The molecule has 0 aromatic carbocycles. The molecule has 2 N–H and O–H groups in total. The second-order valence-corrected chi connectivity index (χ2v) is 5.91. The maximum atomic E-state index is 11.8. The van der Waals surface area contributed by atoms with Gasteiger partial charge in [0.25, 0.3) is 0 Å². The fraction of sp³-hybridized carbons (Fsp3) is 0.938. The summed E-state index contributed by atoms with van der Waals surface area (Å²) in [7, 11) is 0. The Kier molecular flexibility index (Phi) is 8.89. The van der Waals surface area contributed by atoms with Crippen LogP contribution in [0.1, 0.15) is 71.6 Å². The van der Waals surface area contributed by atoms with E-state index in [1.54, 1.807) is 0 Å². The SMILES string of the molecule is CCCCC(CC)CNC(=O)CCC1CCCCN1. The lowest BCUT2D eigenvalue weighted by Crippen LogP contribution is -2.36. The Labute approximate surface area is 118 Å². The van der Waals surface area contributed by atoms with Crippen molar-refractivity contribution in [2.45, 2.75) is 77.7 Å². The molecule has 0 saturated carbocycles.